The van der Waals surface area contributed by atoms with E-state index in [4.69, 9.17) is 0 Å². The number of urea groups is 1. The molecule has 0 saturated carbocycles. The van der Waals surface area contributed by atoms with E-state index >= 15 is 0 Å². The molecule has 1 N–H and O–H groups in total. The Morgan fingerprint density at radius 1 is 1.00 bits per heavy atom. The number of nitrogens with one attached hydrogen (secondary N) is 1. The van der Waals surface area contributed by atoms with Crippen molar-refractivity contribution >= 4 is 22.5 Å². The third-order valence-corrected chi connectivity index (χ3v) is 5.49. The molecule has 31 heavy (non-hydrogen) atoms. The molecule has 0 aliphatic carbocycles. The van der Waals surface area contributed by atoms with Gasteiger partial charge in [0.2, 0.25) is 0 Å². The number of hydrogen-bond acceptors (Lipinski definition) is 3. The van der Waals surface area contributed by atoms with Gasteiger partial charge in [-0.25, -0.2) is 4.79 Å². The summed E-state index contributed by atoms with van der Waals surface area (Å²) in [5.74, 6) is 0. The van der Waals surface area contributed by atoms with E-state index in [0.717, 1.165) is 47.1 Å². The maximum absolute atomic E-state index is 12.8. The molecule has 4 rings (SSSR count). The van der Waals surface area contributed by atoms with Gasteiger partial charge < -0.3 is 10.2 Å². The second kappa shape index (κ2) is 8.93. The summed E-state index contributed by atoms with van der Waals surface area (Å²) in [6.07, 6.45) is -0.0673. The van der Waals surface area contributed by atoms with Crippen molar-refractivity contribution in [2.45, 2.75) is 19.1 Å². The zero-order valence-electron chi connectivity index (χ0n) is 16.9. The van der Waals surface area contributed by atoms with Crippen molar-refractivity contribution in [3.63, 3.8) is 0 Å². The second-order valence-corrected chi connectivity index (χ2v) is 7.64. The van der Waals surface area contributed by atoms with Crippen LogP contribution in [0.2, 0.25) is 0 Å². The Morgan fingerprint density at radius 2 is 1.81 bits per heavy atom. The molecule has 1 aliphatic rings. The van der Waals surface area contributed by atoms with Gasteiger partial charge in [-0.1, -0.05) is 24.3 Å². The van der Waals surface area contributed by atoms with E-state index in [-0.39, 0.29) is 6.03 Å². The standard InChI is InChI=1S/C23H23F3N4O/c24-23(25,26)19-7-5-17(6-8-19)16-29-11-2-12-30(14-13-29)22(31)28-21-4-1-3-18-15-27-10-9-20(18)21/h1,3-10,15H,2,11-14,16H2,(H,28,31). The summed E-state index contributed by atoms with van der Waals surface area (Å²) in [5, 5.41) is 4.89. The van der Waals surface area contributed by atoms with Crippen molar-refractivity contribution in [1.29, 1.82) is 0 Å². The molecule has 0 bridgehead atoms. The minimum absolute atomic E-state index is 0.152. The molecule has 8 heteroatoms. The predicted molar refractivity (Wildman–Crippen MR) is 114 cm³/mol. The summed E-state index contributed by atoms with van der Waals surface area (Å²) in [4.78, 5) is 20.9. The van der Waals surface area contributed by atoms with Crippen LogP contribution >= 0.6 is 0 Å². The highest BCUT2D eigenvalue weighted by atomic mass is 19.4. The molecule has 3 aromatic rings. The normalized spacial score (nSPS) is 15.6. The van der Waals surface area contributed by atoms with Crippen LogP contribution in [0.4, 0.5) is 23.7 Å². The maximum Gasteiger partial charge on any atom is 0.416 e. The van der Waals surface area contributed by atoms with Gasteiger partial charge >= 0.3 is 12.2 Å². The number of rotatable bonds is 3. The number of alkyl halides is 3. The van der Waals surface area contributed by atoms with Gasteiger partial charge in [0.15, 0.2) is 0 Å². The predicted octanol–water partition coefficient (Wildman–Crippen LogP) is 4.99. The van der Waals surface area contributed by atoms with Crippen LogP contribution < -0.4 is 5.32 Å². The van der Waals surface area contributed by atoms with E-state index in [2.05, 4.69) is 15.2 Å². The fourth-order valence-corrected chi connectivity index (χ4v) is 3.82. The van der Waals surface area contributed by atoms with Gasteiger partial charge in [-0.3, -0.25) is 9.88 Å². The minimum Gasteiger partial charge on any atom is -0.323 e. The highest BCUT2D eigenvalue weighted by Crippen LogP contribution is 2.29. The number of fused-ring (bicyclic) bond motifs is 1. The Labute approximate surface area is 178 Å². The molecular formula is C23H23F3N4O. The number of benzene rings is 2. The number of nitrogens with zero attached hydrogens (tertiary/aromatic N) is 3. The quantitative estimate of drug-likeness (QED) is 0.639. The van der Waals surface area contributed by atoms with Crippen LogP contribution in [-0.2, 0) is 12.7 Å². The van der Waals surface area contributed by atoms with Gasteiger partial charge in [0.25, 0.3) is 0 Å². The van der Waals surface area contributed by atoms with Crippen LogP contribution in [0.15, 0.2) is 60.9 Å². The van der Waals surface area contributed by atoms with E-state index in [1.165, 1.54) is 12.1 Å². The zero-order valence-corrected chi connectivity index (χ0v) is 16.9. The van der Waals surface area contributed by atoms with Crippen molar-refractivity contribution in [3.05, 3.63) is 72.1 Å². The molecule has 0 spiro atoms. The first-order chi connectivity index (χ1) is 14.9. The largest absolute Gasteiger partial charge is 0.416 e. The SMILES string of the molecule is O=C(Nc1cccc2cnccc12)N1CCCN(Cc2ccc(C(F)(F)F)cc2)CC1. The Balaban J connectivity index is 1.36. The van der Waals surface area contributed by atoms with E-state index in [1.54, 1.807) is 17.3 Å². The number of amides is 2. The van der Waals surface area contributed by atoms with Crippen molar-refractivity contribution in [2.24, 2.45) is 0 Å². The van der Waals surface area contributed by atoms with Crippen LogP contribution in [0, 0.1) is 0 Å². The number of aromatic nitrogens is 1. The molecule has 1 aliphatic heterocycles. The molecule has 2 heterocycles. The summed E-state index contributed by atoms with van der Waals surface area (Å²) in [6.45, 7) is 3.18. The number of carbonyl (C=O) groups excluding carboxylic acids is 1. The van der Waals surface area contributed by atoms with Crippen molar-refractivity contribution in [2.75, 3.05) is 31.5 Å². The average molecular weight is 428 g/mol. The highest BCUT2D eigenvalue weighted by molar-refractivity contribution is 6.01. The lowest BCUT2D eigenvalue weighted by Gasteiger charge is -2.23. The van der Waals surface area contributed by atoms with Gasteiger partial charge in [0, 0.05) is 55.9 Å². The molecule has 1 aromatic heterocycles. The van der Waals surface area contributed by atoms with Crippen LogP contribution in [0.5, 0.6) is 0 Å². The van der Waals surface area contributed by atoms with Gasteiger partial charge in [0.05, 0.1) is 11.3 Å². The third kappa shape index (κ3) is 5.14. The molecular weight excluding hydrogens is 405 g/mol. The molecule has 5 nitrogen and oxygen atoms in total. The van der Waals surface area contributed by atoms with Crippen molar-refractivity contribution in [3.8, 4) is 0 Å². The van der Waals surface area contributed by atoms with E-state index < -0.39 is 11.7 Å². The fourth-order valence-electron chi connectivity index (χ4n) is 3.82. The first kappa shape index (κ1) is 21.1. The topological polar surface area (TPSA) is 48.5 Å². The summed E-state index contributed by atoms with van der Waals surface area (Å²) < 4.78 is 38.2. The number of anilines is 1. The zero-order chi connectivity index (χ0) is 21.8. The number of pyridine rings is 1. The van der Waals surface area contributed by atoms with E-state index in [9.17, 15) is 18.0 Å². The Kier molecular flexibility index (Phi) is 6.08. The smallest absolute Gasteiger partial charge is 0.323 e. The van der Waals surface area contributed by atoms with Crippen molar-refractivity contribution < 1.29 is 18.0 Å². The molecule has 0 atom stereocenters. The number of hydrogen-bond donors (Lipinski definition) is 1. The summed E-state index contributed by atoms with van der Waals surface area (Å²) in [7, 11) is 0. The molecule has 0 radical (unpaired) electrons. The Morgan fingerprint density at radius 3 is 2.58 bits per heavy atom. The first-order valence-electron chi connectivity index (χ1n) is 10.2. The van der Waals surface area contributed by atoms with Gasteiger partial charge in [0.1, 0.15) is 0 Å². The Bertz CT molecular complexity index is 1050. The Hall–Kier alpha value is -3.13. The van der Waals surface area contributed by atoms with Crippen molar-refractivity contribution in [1.82, 2.24) is 14.8 Å². The van der Waals surface area contributed by atoms with Crippen LogP contribution in [-0.4, -0.2) is 47.0 Å². The number of carbonyl (C=O) groups is 1. The summed E-state index contributed by atoms with van der Waals surface area (Å²) >= 11 is 0. The van der Waals surface area contributed by atoms with Crippen LogP contribution in [0.1, 0.15) is 17.5 Å². The summed E-state index contributed by atoms with van der Waals surface area (Å²) in [5.41, 5.74) is 0.935. The third-order valence-electron chi connectivity index (χ3n) is 5.49. The van der Waals surface area contributed by atoms with E-state index in [0.29, 0.717) is 26.2 Å². The molecule has 2 aromatic carbocycles. The van der Waals surface area contributed by atoms with Gasteiger partial charge in [-0.2, -0.15) is 13.2 Å². The highest BCUT2D eigenvalue weighted by Gasteiger charge is 2.30. The second-order valence-electron chi connectivity index (χ2n) is 7.64. The molecule has 1 fully saturated rings. The molecule has 162 valence electrons. The molecule has 1 saturated heterocycles. The first-order valence-corrected chi connectivity index (χ1v) is 10.2. The minimum atomic E-state index is -4.32. The monoisotopic (exact) mass is 428 g/mol. The average Bonchev–Trinajstić information content (AvgIpc) is 2.99. The number of halogens is 3. The fraction of sp³-hybridized carbons (Fsp3) is 0.304. The van der Waals surface area contributed by atoms with Crippen LogP contribution in [0.25, 0.3) is 10.8 Å². The lowest BCUT2D eigenvalue weighted by molar-refractivity contribution is -0.137. The van der Waals surface area contributed by atoms with Crippen LogP contribution in [0.3, 0.4) is 0 Å². The van der Waals surface area contributed by atoms with Gasteiger partial charge in [-0.15, -0.1) is 0 Å². The summed E-state index contributed by atoms with van der Waals surface area (Å²) in [6, 6.07) is 12.7. The maximum atomic E-state index is 12.8. The van der Waals surface area contributed by atoms with Gasteiger partial charge in [-0.05, 0) is 36.2 Å². The lowest BCUT2D eigenvalue weighted by atomic mass is 10.1. The molecule has 2 amide bonds. The van der Waals surface area contributed by atoms with E-state index in [1.807, 2.05) is 24.3 Å². The molecule has 0 unspecified atom stereocenters. The lowest BCUT2D eigenvalue weighted by Crippen LogP contribution is -2.38.